The lowest BCUT2D eigenvalue weighted by Gasteiger charge is -2.35. The zero-order valence-electron chi connectivity index (χ0n) is 9.35. The predicted octanol–water partition coefficient (Wildman–Crippen LogP) is 2.26. The zero-order chi connectivity index (χ0) is 11.4. The van der Waals surface area contributed by atoms with Gasteiger partial charge in [0.25, 0.3) is 0 Å². The first-order chi connectivity index (χ1) is 7.79. The van der Waals surface area contributed by atoms with Crippen molar-refractivity contribution in [3.8, 4) is 0 Å². The summed E-state index contributed by atoms with van der Waals surface area (Å²) in [6.45, 7) is 3.38. The molecule has 1 saturated heterocycles. The summed E-state index contributed by atoms with van der Waals surface area (Å²) in [5, 5.41) is 9.29. The third kappa shape index (κ3) is 3.06. The number of hydrogen-bond acceptors (Lipinski definition) is 2. The Morgan fingerprint density at radius 3 is 2.75 bits per heavy atom. The van der Waals surface area contributed by atoms with Crippen molar-refractivity contribution in [2.45, 2.75) is 17.8 Å². The second-order valence-electron chi connectivity index (χ2n) is 4.47. The molecule has 0 radical (unpaired) electrons. The molecule has 1 aromatic rings. The fraction of sp³-hybridized carbons (Fsp3) is 0.538. The van der Waals surface area contributed by atoms with Crippen LogP contribution in [0, 0.1) is 5.92 Å². The van der Waals surface area contributed by atoms with Gasteiger partial charge in [-0.1, -0.05) is 46.3 Å². The third-order valence-electron chi connectivity index (χ3n) is 3.21. The summed E-state index contributed by atoms with van der Waals surface area (Å²) < 4.78 is 0. The van der Waals surface area contributed by atoms with E-state index in [1.54, 1.807) is 0 Å². The van der Waals surface area contributed by atoms with Crippen LogP contribution in [0.25, 0.3) is 0 Å². The quantitative estimate of drug-likeness (QED) is 0.861. The molecule has 0 amide bonds. The number of nitrogens with zero attached hydrogens (tertiary/aromatic N) is 1. The van der Waals surface area contributed by atoms with Crippen molar-refractivity contribution in [2.75, 3.05) is 19.7 Å². The molecule has 0 bridgehead atoms. The van der Waals surface area contributed by atoms with Crippen LogP contribution in [0.2, 0.25) is 0 Å². The molecule has 2 rings (SSSR count). The van der Waals surface area contributed by atoms with E-state index in [4.69, 9.17) is 0 Å². The van der Waals surface area contributed by atoms with E-state index in [0.717, 1.165) is 26.1 Å². The second-order valence-corrected chi connectivity index (χ2v) is 5.64. The maximum Gasteiger partial charge on any atom is 0.0482 e. The molecule has 1 heterocycles. The number of aliphatic hydroxyl groups is 1. The molecule has 1 fully saturated rings. The highest BCUT2D eigenvalue weighted by atomic mass is 79.9. The lowest BCUT2D eigenvalue weighted by molar-refractivity contribution is 0.122. The highest BCUT2D eigenvalue weighted by molar-refractivity contribution is 9.09. The molecule has 0 saturated carbocycles. The summed E-state index contributed by atoms with van der Waals surface area (Å²) >= 11 is 3.64. The standard InChI is InChI=1S/C13H18BrNO/c14-13-6-7-15(9-12(13)10-16)8-11-4-2-1-3-5-11/h1-5,12-13,16H,6-10H2/t12-,13-/m1/s1. The molecule has 2 atom stereocenters. The molecule has 1 aliphatic heterocycles. The van der Waals surface area contributed by atoms with Crippen molar-refractivity contribution in [1.29, 1.82) is 0 Å². The minimum atomic E-state index is 0.279. The van der Waals surface area contributed by atoms with Gasteiger partial charge in [-0.3, -0.25) is 4.90 Å². The number of aliphatic hydroxyl groups excluding tert-OH is 1. The number of hydrogen-bond donors (Lipinski definition) is 1. The first-order valence-corrected chi connectivity index (χ1v) is 6.72. The highest BCUT2D eigenvalue weighted by Gasteiger charge is 2.26. The normalized spacial score (nSPS) is 26.9. The van der Waals surface area contributed by atoms with E-state index in [1.165, 1.54) is 5.56 Å². The van der Waals surface area contributed by atoms with Crippen LogP contribution >= 0.6 is 15.9 Å². The van der Waals surface area contributed by atoms with E-state index in [2.05, 4.69) is 45.1 Å². The van der Waals surface area contributed by atoms with Crippen LogP contribution < -0.4 is 0 Å². The number of likely N-dealkylation sites (tertiary alicyclic amines) is 1. The number of halogens is 1. The van der Waals surface area contributed by atoms with Gasteiger partial charge in [-0.15, -0.1) is 0 Å². The average molecular weight is 284 g/mol. The van der Waals surface area contributed by atoms with E-state index in [0.29, 0.717) is 10.7 Å². The van der Waals surface area contributed by atoms with Gasteiger partial charge in [-0.05, 0) is 18.5 Å². The third-order valence-corrected chi connectivity index (χ3v) is 4.41. The van der Waals surface area contributed by atoms with Gasteiger partial charge in [-0.2, -0.15) is 0 Å². The molecule has 2 nitrogen and oxygen atoms in total. The average Bonchev–Trinajstić information content (AvgIpc) is 2.33. The maximum absolute atomic E-state index is 9.29. The van der Waals surface area contributed by atoms with Crippen LogP contribution in [0.1, 0.15) is 12.0 Å². The predicted molar refractivity (Wildman–Crippen MR) is 69.6 cm³/mol. The first-order valence-electron chi connectivity index (χ1n) is 5.81. The summed E-state index contributed by atoms with van der Waals surface area (Å²) in [5.74, 6) is 0.373. The minimum absolute atomic E-state index is 0.279. The van der Waals surface area contributed by atoms with Crippen LogP contribution in [0.5, 0.6) is 0 Å². The van der Waals surface area contributed by atoms with Gasteiger partial charge in [0.2, 0.25) is 0 Å². The van der Waals surface area contributed by atoms with E-state index >= 15 is 0 Å². The largest absolute Gasteiger partial charge is 0.396 e. The van der Waals surface area contributed by atoms with Crippen LogP contribution in [-0.4, -0.2) is 34.5 Å². The van der Waals surface area contributed by atoms with Crippen molar-refractivity contribution in [2.24, 2.45) is 5.92 Å². The Labute approximate surface area is 105 Å². The van der Waals surface area contributed by atoms with Crippen molar-refractivity contribution in [3.63, 3.8) is 0 Å². The molecule has 3 heteroatoms. The van der Waals surface area contributed by atoms with Crippen molar-refractivity contribution in [3.05, 3.63) is 35.9 Å². The van der Waals surface area contributed by atoms with Gasteiger partial charge < -0.3 is 5.11 Å². The molecule has 1 N–H and O–H groups in total. The monoisotopic (exact) mass is 283 g/mol. The van der Waals surface area contributed by atoms with E-state index in [1.807, 2.05) is 6.07 Å². The van der Waals surface area contributed by atoms with Gasteiger partial charge >= 0.3 is 0 Å². The second kappa shape index (κ2) is 5.80. The van der Waals surface area contributed by atoms with Crippen LogP contribution in [0.15, 0.2) is 30.3 Å². The topological polar surface area (TPSA) is 23.5 Å². The van der Waals surface area contributed by atoms with Gasteiger partial charge in [-0.25, -0.2) is 0 Å². The highest BCUT2D eigenvalue weighted by Crippen LogP contribution is 2.24. The SMILES string of the molecule is OC[C@H]1CN(Cc2ccccc2)CC[C@H]1Br. The summed E-state index contributed by atoms with van der Waals surface area (Å²) in [5.41, 5.74) is 1.35. The molecule has 1 aromatic carbocycles. The summed E-state index contributed by atoms with van der Waals surface area (Å²) in [4.78, 5) is 2.90. The number of rotatable bonds is 3. The Balaban J connectivity index is 1.92. The van der Waals surface area contributed by atoms with Crippen LogP contribution in [0.3, 0.4) is 0 Å². The number of benzene rings is 1. The van der Waals surface area contributed by atoms with Crippen LogP contribution in [-0.2, 0) is 6.54 Å². The fourth-order valence-corrected chi connectivity index (χ4v) is 2.78. The van der Waals surface area contributed by atoms with Crippen molar-refractivity contribution in [1.82, 2.24) is 4.90 Å². The van der Waals surface area contributed by atoms with Gasteiger partial charge in [0.05, 0.1) is 0 Å². The molecule has 88 valence electrons. The fourth-order valence-electron chi connectivity index (χ4n) is 2.24. The Bertz CT molecular complexity index is 317. The molecular formula is C13H18BrNO. The first kappa shape index (κ1) is 12.1. The van der Waals surface area contributed by atoms with E-state index in [-0.39, 0.29) is 6.61 Å². The van der Waals surface area contributed by atoms with Gasteiger partial charge in [0.15, 0.2) is 0 Å². The number of piperidine rings is 1. The number of alkyl halides is 1. The summed E-state index contributed by atoms with van der Waals surface area (Å²) in [7, 11) is 0. The van der Waals surface area contributed by atoms with E-state index < -0.39 is 0 Å². The lowest BCUT2D eigenvalue weighted by atomic mass is 9.98. The lowest BCUT2D eigenvalue weighted by Crippen LogP contribution is -2.41. The Hall–Kier alpha value is -0.380. The maximum atomic E-state index is 9.29. The summed E-state index contributed by atoms with van der Waals surface area (Å²) in [6, 6.07) is 10.5. The zero-order valence-corrected chi connectivity index (χ0v) is 10.9. The van der Waals surface area contributed by atoms with Crippen molar-refractivity contribution < 1.29 is 5.11 Å². The Morgan fingerprint density at radius 1 is 1.31 bits per heavy atom. The van der Waals surface area contributed by atoms with Crippen LogP contribution in [0.4, 0.5) is 0 Å². The van der Waals surface area contributed by atoms with Crippen molar-refractivity contribution >= 4 is 15.9 Å². The molecule has 0 spiro atoms. The summed E-state index contributed by atoms with van der Waals surface area (Å²) in [6.07, 6.45) is 1.12. The molecular weight excluding hydrogens is 266 g/mol. The Kier molecular flexibility index (Phi) is 4.38. The molecule has 0 aliphatic carbocycles. The Morgan fingerprint density at radius 2 is 2.06 bits per heavy atom. The molecule has 16 heavy (non-hydrogen) atoms. The molecule has 0 aromatic heterocycles. The van der Waals surface area contributed by atoms with Gasteiger partial charge in [0, 0.05) is 30.4 Å². The molecule has 1 aliphatic rings. The minimum Gasteiger partial charge on any atom is -0.396 e. The molecule has 0 unspecified atom stereocenters. The van der Waals surface area contributed by atoms with E-state index in [9.17, 15) is 5.11 Å². The van der Waals surface area contributed by atoms with Gasteiger partial charge in [0.1, 0.15) is 0 Å². The smallest absolute Gasteiger partial charge is 0.0482 e.